The van der Waals surface area contributed by atoms with Crippen molar-refractivity contribution in [1.82, 2.24) is 9.88 Å². The Morgan fingerprint density at radius 2 is 1.67 bits per heavy atom. The lowest BCUT2D eigenvalue weighted by atomic mass is 9.92. The predicted molar refractivity (Wildman–Crippen MR) is 101 cm³/mol. The summed E-state index contributed by atoms with van der Waals surface area (Å²) in [4.78, 5) is 18.7. The van der Waals surface area contributed by atoms with E-state index in [9.17, 15) is 4.79 Å². The molecule has 0 saturated heterocycles. The molecular formula is C18H26Cl2N2O2. The van der Waals surface area contributed by atoms with Crippen molar-refractivity contribution in [2.75, 3.05) is 0 Å². The number of halogens is 2. The lowest BCUT2D eigenvalue weighted by Crippen LogP contribution is -2.42. The molecule has 0 bridgehead atoms. The van der Waals surface area contributed by atoms with Crippen molar-refractivity contribution in [3.05, 3.63) is 54.2 Å². The van der Waals surface area contributed by atoms with E-state index in [2.05, 4.69) is 4.98 Å². The van der Waals surface area contributed by atoms with Gasteiger partial charge in [0.05, 0.1) is 12.1 Å². The third-order valence-electron chi connectivity index (χ3n) is 3.78. The van der Waals surface area contributed by atoms with Gasteiger partial charge in [-0.15, -0.1) is 24.8 Å². The van der Waals surface area contributed by atoms with Crippen molar-refractivity contribution in [2.24, 2.45) is 0 Å². The number of oxazole rings is 1. The van der Waals surface area contributed by atoms with Crippen LogP contribution < -0.4 is 0 Å². The number of rotatable bonds is 6. The van der Waals surface area contributed by atoms with Crippen molar-refractivity contribution >= 4 is 30.7 Å². The molecule has 6 heteroatoms. The van der Waals surface area contributed by atoms with Gasteiger partial charge in [-0.2, -0.15) is 0 Å². The topological polar surface area (TPSA) is 46.3 Å². The number of hydrogen-bond acceptors (Lipinski definition) is 3. The summed E-state index contributed by atoms with van der Waals surface area (Å²) in [5.74, 6) is 0.762. The Bertz CT molecular complexity index is 578. The standard InChI is InChI=1S/C18H24N2O2.2ClH/c1-13(2)20(14(3)4)18(21)10-16(17-11-19-12-22-17)15-8-6-5-7-9-15;;/h5-9,11-14,16H,10H2,1-4H3;2*1H. The second-order valence-electron chi connectivity index (χ2n) is 6.06. The summed E-state index contributed by atoms with van der Waals surface area (Å²) in [6, 6.07) is 10.3. The van der Waals surface area contributed by atoms with E-state index in [1.165, 1.54) is 6.39 Å². The fraction of sp³-hybridized carbons (Fsp3) is 0.444. The van der Waals surface area contributed by atoms with Crippen LogP contribution in [0.3, 0.4) is 0 Å². The number of amides is 1. The molecule has 1 amide bonds. The van der Waals surface area contributed by atoms with Gasteiger partial charge in [-0.3, -0.25) is 4.79 Å². The largest absolute Gasteiger partial charge is 0.448 e. The van der Waals surface area contributed by atoms with Crippen LogP contribution in [-0.4, -0.2) is 27.9 Å². The van der Waals surface area contributed by atoms with Gasteiger partial charge in [0.1, 0.15) is 5.76 Å². The Morgan fingerprint density at radius 1 is 1.08 bits per heavy atom. The fourth-order valence-electron chi connectivity index (χ4n) is 2.92. The number of nitrogens with zero attached hydrogens (tertiary/aromatic N) is 2. The molecule has 0 aliphatic rings. The minimum absolute atomic E-state index is 0. The molecule has 0 aliphatic carbocycles. The van der Waals surface area contributed by atoms with E-state index in [-0.39, 0.29) is 48.7 Å². The molecule has 24 heavy (non-hydrogen) atoms. The van der Waals surface area contributed by atoms with Gasteiger partial charge in [0.25, 0.3) is 0 Å². The van der Waals surface area contributed by atoms with E-state index in [4.69, 9.17) is 4.42 Å². The Hall–Kier alpha value is -1.52. The first kappa shape index (κ1) is 22.5. The van der Waals surface area contributed by atoms with Crippen LogP contribution in [0, 0.1) is 0 Å². The summed E-state index contributed by atoms with van der Waals surface area (Å²) in [5.41, 5.74) is 1.07. The van der Waals surface area contributed by atoms with Crippen LogP contribution in [0.2, 0.25) is 0 Å². The van der Waals surface area contributed by atoms with E-state index >= 15 is 0 Å². The number of hydrogen-bond donors (Lipinski definition) is 0. The molecule has 1 aromatic heterocycles. The first-order valence-electron chi connectivity index (χ1n) is 7.75. The zero-order valence-electron chi connectivity index (χ0n) is 14.5. The second kappa shape index (κ2) is 10.4. The summed E-state index contributed by atoms with van der Waals surface area (Å²) in [7, 11) is 0. The van der Waals surface area contributed by atoms with Crippen molar-refractivity contribution in [1.29, 1.82) is 0 Å². The molecule has 4 nitrogen and oxygen atoms in total. The maximum atomic E-state index is 12.8. The molecule has 2 aromatic rings. The van der Waals surface area contributed by atoms with Gasteiger partial charge in [-0.25, -0.2) is 4.98 Å². The van der Waals surface area contributed by atoms with Crippen LogP contribution in [0.15, 0.2) is 47.3 Å². The Kier molecular flexibility index (Phi) is 9.71. The van der Waals surface area contributed by atoms with Crippen molar-refractivity contribution < 1.29 is 9.21 Å². The van der Waals surface area contributed by atoms with E-state index in [1.807, 2.05) is 62.9 Å². The summed E-state index contributed by atoms with van der Waals surface area (Å²) < 4.78 is 5.47. The van der Waals surface area contributed by atoms with Gasteiger partial charge < -0.3 is 9.32 Å². The van der Waals surface area contributed by atoms with Gasteiger partial charge in [0, 0.05) is 18.5 Å². The molecule has 1 atom stereocenters. The van der Waals surface area contributed by atoms with Gasteiger partial charge in [-0.1, -0.05) is 30.3 Å². The third kappa shape index (κ3) is 5.53. The smallest absolute Gasteiger partial charge is 0.224 e. The second-order valence-corrected chi connectivity index (χ2v) is 6.06. The van der Waals surface area contributed by atoms with Crippen LogP contribution in [-0.2, 0) is 4.79 Å². The predicted octanol–water partition coefficient (Wildman–Crippen LogP) is 4.69. The normalized spacial score (nSPS) is 11.6. The average molecular weight is 373 g/mol. The SMILES string of the molecule is CC(C)N(C(=O)CC(c1ccccc1)c1cnco1)C(C)C.Cl.Cl. The van der Waals surface area contributed by atoms with Crippen LogP contribution in [0.5, 0.6) is 0 Å². The molecule has 0 radical (unpaired) electrons. The molecule has 1 heterocycles. The molecule has 0 saturated carbocycles. The number of benzene rings is 1. The summed E-state index contributed by atoms with van der Waals surface area (Å²) in [5, 5.41) is 0. The van der Waals surface area contributed by atoms with E-state index in [0.717, 1.165) is 11.3 Å². The van der Waals surface area contributed by atoms with Gasteiger partial charge in [-0.05, 0) is 33.3 Å². The zero-order chi connectivity index (χ0) is 16.1. The maximum absolute atomic E-state index is 12.8. The third-order valence-corrected chi connectivity index (χ3v) is 3.78. The van der Waals surface area contributed by atoms with Crippen LogP contribution in [0.4, 0.5) is 0 Å². The molecule has 1 aromatic carbocycles. The molecule has 0 fully saturated rings. The van der Waals surface area contributed by atoms with Crippen molar-refractivity contribution in [3.8, 4) is 0 Å². The molecule has 1 unspecified atom stereocenters. The zero-order valence-corrected chi connectivity index (χ0v) is 16.1. The number of carbonyl (C=O) groups excluding carboxylic acids is 1. The highest BCUT2D eigenvalue weighted by atomic mass is 35.5. The van der Waals surface area contributed by atoms with Gasteiger partial charge in [0.2, 0.25) is 5.91 Å². The number of aromatic nitrogens is 1. The van der Waals surface area contributed by atoms with Crippen LogP contribution in [0.1, 0.15) is 51.4 Å². The minimum Gasteiger partial charge on any atom is -0.448 e. The molecule has 134 valence electrons. The Morgan fingerprint density at radius 3 is 2.12 bits per heavy atom. The number of carbonyl (C=O) groups is 1. The van der Waals surface area contributed by atoms with Crippen molar-refractivity contribution in [3.63, 3.8) is 0 Å². The monoisotopic (exact) mass is 372 g/mol. The first-order chi connectivity index (χ1) is 10.5. The first-order valence-corrected chi connectivity index (χ1v) is 7.75. The van der Waals surface area contributed by atoms with E-state index in [1.54, 1.807) is 6.20 Å². The molecule has 0 spiro atoms. The highest BCUT2D eigenvalue weighted by Crippen LogP contribution is 2.29. The van der Waals surface area contributed by atoms with Gasteiger partial charge in [0.15, 0.2) is 6.39 Å². The van der Waals surface area contributed by atoms with Gasteiger partial charge >= 0.3 is 0 Å². The fourth-order valence-corrected chi connectivity index (χ4v) is 2.92. The Labute approximate surface area is 156 Å². The van der Waals surface area contributed by atoms with E-state index in [0.29, 0.717) is 6.42 Å². The lowest BCUT2D eigenvalue weighted by molar-refractivity contribution is -0.135. The van der Waals surface area contributed by atoms with Crippen LogP contribution in [0.25, 0.3) is 0 Å². The molecule has 0 aliphatic heterocycles. The average Bonchev–Trinajstić information content (AvgIpc) is 2.98. The summed E-state index contributed by atoms with van der Waals surface area (Å²) >= 11 is 0. The molecular weight excluding hydrogens is 347 g/mol. The Balaban J connectivity index is 0.00000264. The molecule has 0 N–H and O–H groups in total. The summed E-state index contributed by atoms with van der Waals surface area (Å²) in [6.45, 7) is 8.18. The highest BCUT2D eigenvalue weighted by Gasteiger charge is 2.26. The molecule has 2 rings (SSSR count). The summed E-state index contributed by atoms with van der Waals surface area (Å²) in [6.07, 6.45) is 3.49. The maximum Gasteiger partial charge on any atom is 0.224 e. The van der Waals surface area contributed by atoms with E-state index < -0.39 is 0 Å². The minimum atomic E-state index is -0.101. The van der Waals surface area contributed by atoms with Crippen molar-refractivity contribution in [2.45, 2.75) is 52.1 Å². The highest BCUT2D eigenvalue weighted by molar-refractivity contribution is 5.85. The van der Waals surface area contributed by atoms with Crippen LogP contribution >= 0.6 is 24.8 Å². The lowest BCUT2D eigenvalue weighted by Gasteiger charge is -2.32. The quantitative estimate of drug-likeness (QED) is 0.738.